The fourth-order valence-electron chi connectivity index (χ4n) is 2.35. The summed E-state index contributed by atoms with van der Waals surface area (Å²) in [4.78, 5) is 12.1. The van der Waals surface area contributed by atoms with Crippen molar-refractivity contribution in [3.63, 3.8) is 0 Å². The third-order valence-electron chi connectivity index (χ3n) is 3.74. The second kappa shape index (κ2) is 7.62. The molecule has 0 radical (unpaired) electrons. The highest BCUT2D eigenvalue weighted by Gasteiger charge is 2.20. The van der Waals surface area contributed by atoms with Crippen LogP contribution in [-0.4, -0.2) is 21.4 Å². The molecule has 1 atom stereocenters. The van der Waals surface area contributed by atoms with Crippen LogP contribution >= 0.6 is 0 Å². The molecule has 0 heterocycles. The zero-order valence-corrected chi connectivity index (χ0v) is 14.6. The largest absolute Gasteiger partial charge is 0.497 e. The highest BCUT2D eigenvalue weighted by molar-refractivity contribution is 7.89. The lowest BCUT2D eigenvalue weighted by atomic mass is 10.0. The number of ether oxygens (including phenoxy) is 1. The van der Waals surface area contributed by atoms with E-state index in [4.69, 9.17) is 9.88 Å². The molecular weight excluding hydrogens is 347 g/mol. The number of carbonyl (C=O) groups excluding carboxylic acids is 1. The van der Waals surface area contributed by atoms with E-state index in [0.717, 1.165) is 23.8 Å². The Morgan fingerprint density at radius 2 is 1.88 bits per heavy atom. The summed E-state index contributed by atoms with van der Waals surface area (Å²) in [5, 5.41) is 7.73. The van der Waals surface area contributed by atoms with Crippen molar-refractivity contribution >= 4 is 15.9 Å². The third-order valence-corrected chi connectivity index (χ3v) is 4.65. The molecule has 0 spiro atoms. The first-order valence-corrected chi connectivity index (χ1v) is 9.08. The van der Waals surface area contributed by atoms with Gasteiger partial charge in [-0.3, -0.25) is 4.79 Å². The first-order chi connectivity index (χ1) is 11.8. The summed E-state index contributed by atoms with van der Waals surface area (Å²) in [6.07, 6.45) is 0.564. The average molecular weight is 366 g/mol. The Morgan fingerprint density at radius 3 is 2.40 bits per heavy atom. The fourth-order valence-corrected chi connectivity index (χ4v) is 2.89. The summed E-state index contributed by atoms with van der Waals surface area (Å²) in [6, 6.07) is 9.59. The quantitative estimate of drug-likeness (QED) is 0.820. The molecule has 0 unspecified atom stereocenters. The van der Waals surface area contributed by atoms with Crippen LogP contribution in [0.3, 0.4) is 0 Å². The summed E-state index contributed by atoms with van der Waals surface area (Å²) in [5.41, 5.74) is 0.443. The van der Waals surface area contributed by atoms with Gasteiger partial charge in [0.15, 0.2) is 0 Å². The number of hydrogen-bond acceptors (Lipinski definition) is 4. The molecule has 6 nitrogen and oxygen atoms in total. The monoisotopic (exact) mass is 366 g/mol. The van der Waals surface area contributed by atoms with Crippen LogP contribution in [0, 0.1) is 5.82 Å². The standard InChI is InChI=1S/C17H19FN2O4S/c1-3-16(11-4-6-12(24-2)7-5-11)20-17(21)14-10-13(25(19,22)23)8-9-15(14)18/h4-10,16H,3H2,1-2H3,(H,20,21)(H2,19,22,23)/t16-/m1/s1. The van der Waals surface area contributed by atoms with E-state index in [9.17, 15) is 17.6 Å². The van der Waals surface area contributed by atoms with Gasteiger partial charge in [-0.2, -0.15) is 0 Å². The summed E-state index contributed by atoms with van der Waals surface area (Å²) in [7, 11) is -2.48. The molecular formula is C17H19FN2O4S. The molecule has 2 aromatic carbocycles. The van der Waals surface area contributed by atoms with E-state index in [-0.39, 0.29) is 16.5 Å². The molecule has 2 rings (SSSR count). The van der Waals surface area contributed by atoms with Crippen molar-refractivity contribution in [3.05, 3.63) is 59.4 Å². The number of primary sulfonamides is 1. The van der Waals surface area contributed by atoms with Gasteiger partial charge in [-0.25, -0.2) is 17.9 Å². The topological polar surface area (TPSA) is 98.5 Å². The lowest BCUT2D eigenvalue weighted by Crippen LogP contribution is -2.29. The molecule has 0 bridgehead atoms. The van der Waals surface area contributed by atoms with Gasteiger partial charge in [0.25, 0.3) is 5.91 Å². The number of nitrogens with two attached hydrogens (primary N) is 1. The van der Waals surface area contributed by atoms with E-state index in [1.54, 1.807) is 31.4 Å². The smallest absolute Gasteiger partial charge is 0.254 e. The Morgan fingerprint density at radius 1 is 1.24 bits per heavy atom. The number of hydrogen-bond donors (Lipinski definition) is 2. The number of amides is 1. The van der Waals surface area contributed by atoms with Gasteiger partial charge in [0, 0.05) is 0 Å². The van der Waals surface area contributed by atoms with E-state index in [1.807, 2.05) is 6.92 Å². The molecule has 0 aromatic heterocycles. The van der Waals surface area contributed by atoms with Gasteiger partial charge in [0.05, 0.1) is 23.6 Å². The van der Waals surface area contributed by atoms with Crippen LogP contribution < -0.4 is 15.2 Å². The zero-order valence-electron chi connectivity index (χ0n) is 13.8. The molecule has 0 aliphatic carbocycles. The molecule has 25 heavy (non-hydrogen) atoms. The number of sulfonamides is 1. The molecule has 0 saturated heterocycles. The highest BCUT2D eigenvalue weighted by atomic mass is 32.2. The van der Waals surface area contributed by atoms with Gasteiger partial charge in [0.1, 0.15) is 11.6 Å². The van der Waals surface area contributed by atoms with Crippen molar-refractivity contribution in [2.24, 2.45) is 5.14 Å². The number of nitrogens with one attached hydrogen (secondary N) is 1. The van der Waals surface area contributed by atoms with E-state index >= 15 is 0 Å². The van der Waals surface area contributed by atoms with E-state index < -0.39 is 21.7 Å². The summed E-state index contributed by atoms with van der Waals surface area (Å²) >= 11 is 0. The molecule has 3 N–H and O–H groups in total. The summed E-state index contributed by atoms with van der Waals surface area (Å²) in [6.45, 7) is 1.87. The van der Waals surface area contributed by atoms with Crippen LogP contribution in [0.5, 0.6) is 5.75 Å². The van der Waals surface area contributed by atoms with Gasteiger partial charge in [-0.1, -0.05) is 19.1 Å². The second-order valence-electron chi connectivity index (χ2n) is 5.39. The van der Waals surface area contributed by atoms with Crippen molar-refractivity contribution in [1.29, 1.82) is 0 Å². The van der Waals surface area contributed by atoms with Crippen LogP contribution in [-0.2, 0) is 10.0 Å². The molecule has 2 aromatic rings. The maximum Gasteiger partial charge on any atom is 0.254 e. The van der Waals surface area contributed by atoms with Gasteiger partial charge in [-0.05, 0) is 42.3 Å². The normalized spacial score (nSPS) is 12.5. The predicted molar refractivity (Wildman–Crippen MR) is 91.3 cm³/mol. The van der Waals surface area contributed by atoms with Crippen molar-refractivity contribution in [2.45, 2.75) is 24.3 Å². The van der Waals surface area contributed by atoms with Crippen molar-refractivity contribution in [2.75, 3.05) is 7.11 Å². The molecule has 1 amide bonds. The lowest BCUT2D eigenvalue weighted by molar-refractivity contribution is 0.0931. The Labute approximate surface area is 145 Å². The molecule has 0 aliphatic rings. The maximum absolute atomic E-state index is 14.0. The van der Waals surface area contributed by atoms with Gasteiger partial charge in [0.2, 0.25) is 10.0 Å². The highest BCUT2D eigenvalue weighted by Crippen LogP contribution is 2.21. The molecule has 134 valence electrons. The van der Waals surface area contributed by atoms with E-state index in [1.165, 1.54) is 0 Å². The minimum Gasteiger partial charge on any atom is -0.497 e. The van der Waals surface area contributed by atoms with Gasteiger partial charge in [-0.15, -0.1) is 0 Å². The van der Waals surface area contributed by atoms with Crippen LogP contribution in [0.1, 0.15) is 35.3 Å². The Bertz CT molecular complexity index is 867. The minimum absolute atomic E-state index is 0.323. The van der Waals surface area contributed by atoms with Crippen molar-refractivity contribution in [1.82, 2.24) is 5.32 Å². The van der Waals surface area contributed by atoms with Crippen LogP contribution in [0.15, 0.2) is 47.4 Å². The van der Waals surface area contributed by atoms with Gasteiger partial charge >= 0.3 is 0 Å². The number of rotatable bonds is 6. The summed E-state index contributed by atoms with van der Waals surface area (Å²) < 4.78 is 41.8. The zero-order chi connectivity index (χ0) is 18.6. The summed E-state index contributed by atoms with van der Waals surface area (Å²) in [5.74, 6) is -0.864. The molecule has 8 heteroatoms. The Hall–Kier alpha value is -2.45. The van der Waals surface area contributed by atoms with Gasteiger partial charge < -0.3 is 10.1 Å². The molecule has 0 fully saturated rings. The SMILES string of the molecule is CC[C@@H](NC(=O)c1cc(S(N)(=O)=O)ccc1F)c1ccc(OC)cc1. The first-order valence-electron chi connectivity index (χ1n) is 7.53. The predicted octanol–water partition coefficient (Wildman–Crippen LogP) is 2.36. The molecule has 0 aliphatic heterocycles. The lowest BCUT2D eigenvalue weighted by Gasteiger charge is -2.18. The van der Waals surface area contributed by atoms with E-state index in [0.29, 0.717) is 12.2 Å². The van der Waals surface area contributed by atoms with Crippen LogP contribution in [0.4, 0.5) is 4.39 Å². The maximum atomic E-state index is 14.0. The van der Waals surface area contributed by atoms with E-state index in [2.05, 4.69) is 5.32 Å². The first kappa shape index (κ1) is 18.9. The number of benzene rings is 2. The number of halogens is 1. The fraction of sp³-hybridized carbons (Fsp3) is 0.235. The van der Waals surface area contributed by atoms with Crippen LogP contribution in [0.25, 0.3) is 0 Å². The Kier molecular flexibility index (Phi) is 5.76. The Balaban J connectivity index is 2.27. The number of carbonyl (C=O) groups is 1. The average Bonchev–Trinajstić information content (AvgIpc) is 2.59. The second-order valence-corrected chi connectivity index (χ2v) is 6.96. The molecule has 0 saturated carbocycles. The number of methoxy groups -OCH3 is 1. The van der Waals surface area contributed by atoms with Crippen molar-refractivity contribution < 1.29 is 22.3 Å². The minimum atomic E-state index is -4.03. The van der Waals surface area contributed by atoms with Crippen LogP contribution in [0.2, 0.25) is 0 Å². The third kappa shape index (κ3) is 4.55. The van der Waals surface area contributed by atoms with Crippen molar-refractivity contribution in [3.8, 4) is 5.75 Å².